The van der Waals surface area contributed by atoms with E-state index < -0.39 is 5.91 Å². The Balaban J connectivity index is 2.33. The third kappa shape index (κ3) is 3.00. The Morgan fingerprint density at radius 3 is 2.50 bits per heavy atom. The molecule has 0 radical (unpaired) electrons. The van der Waals surface area contributed by atoms with E-state index in [1.807, 2.05) is 0 Å². The summed E-state index contributed by atoms with van der Waals surface area (Å²) >= 11 is 15.2. The van der Waals surface area contributed by atoms with Crippen LogP contribution in [-0.2, 0) is 0 Å². The van der Waals surface area contributed by atoms with Crippen molar-refractivity contribution in [2.45, 2.75) is 0 Å². The fourth-order valence-electron chi connectivity index (χ4n) is 1.52. The summed E-state index contributed by atoms with van der Waals surface area (Å²) in [5, 5.41) is 21.9. The van der Waals surface area contributed by atoms with Crippen LogP contribution in [0.15, 0.2) is 34.8 Å². The highest BCUT2D eigenvalue weighted by Crippen LogP contribution is 2.36. The van der Waals surface area contributed by atoms with Crippen molar-refractivity contribution in [1.82, 2.24) is 0 Å². The lowest BCUT2D eigenvalue weighted by molar-refractivity contribution is 0.102. The van der Waals surface area contributed by atoms with Crippen LogP contribution in [0.25, 0.3) is 0 Å². The van der Waals surface area contributed by atoms with Crippen LogP contribution in [0, 0.1) is 0 Å². The molecule has 4 nitrogen and oxygen atoms in total. The number of carbonyl (C=O) groups excluding carboxylic acids is 1. The number of phenolic OH excluding ortho intramolecular Hbond substituents is 2. The van der Waals surface area contributed by atoms with Crippen LogP contribution in [0.4, 0.5) is 5.69 Å². The highest BCUT2D eigenvalue weighted by Gasteiger charge is 2.15. The maximum Gasteiger partial charge on any atom is 0.259 e. The predicted octanol–water partition coefficient (Wildman–Crippen LogP) is 4.42. The first-order valence-electron chi connectivity index (χ1n) is 5.37. The number of rotatable bonds is 2. The first-order valence-corrected chi connectivity index (χ1v) is 6.92. The molecule has 0 spiro atoms. The van der Waals surface area contributed by atoms with E-state index >= 15 is 0 Å². The van der Waals surface area contributed by atoms with Gasteiger partial charge in [0.15, 0.2) is 0 Å². The molecular weight excluding hydrogens is 369 g/mol. The molecule has 2 aromatic carbocycles. The normalized spacial score (nSPS) is 10.3. The molecule has 0 heterocycles. The van der Waals surface area contributed by atoms with Crippen molar-refractivity contribution in [2.75, 3.05) is 5.32 Å². The highest BCUT2D eigenvalue weighted by atomic mass is 79.9. The average molecular weight is 377 g/mol. The Morgan fingerprint density at radius 2 is 1.80 bits per heavy atom. The molecule has 0 fully saturated rings. The molecule has 1 amide bonds. The van der Waals surface area contributed by atoms with Crippen molar-refractivity contribution in [2.24, 2.45) is 0 Å². The van der Waals surface area contributed by atoms with Gasteiger partial charge in [0.1, 0.15) is 11.5 Å². The Kier molecular flexibility index (Phi) is 4.42. The monoisotopic (exact) mass is 375 g/mol. The number of phenols is 2. The van der Waals surface area contributed by atoms with Gasteiger partial charge in [0.05, 0.1) is 21.3 Å². The maximum atomic E-state index is 12.0. The number of anilines is 1. The van der Waals surface area contributed by atoms with Crippen molar-refractivity contribution in [3.8, 4) is 11.5 Å². The lowest BCUT2D eigenvalue weighted by atomic mass is 10.1. The summed E-state index contributed by atoms with van der Waals surface area (Å²) in [4.78, 5) is 12.0. The van der Waals surface area contributed by atoms with Crippen molar-refractivity contribution in [1.29, 1.82) is 0 Å². The number of benzene rings is 2. The van der Waals surface area contributed by atoms with Gasteiger partial charge >= 0.3 is 0 Å². The molecule has 0 aliphatic heterocycles. The zero-order valence-corrected chi connectivity index (χ0v) is 12.9. The molecule has 0 bridgehead atoms. The number of halogens is 3. The van der Waals surface area contributed by atoms with Crippen molar-refractivity contribution < 1.29 is 15.0 Å². The lowest BCUT2D eigenvalue weighted by Gasteiger charge is -2.10. The summed E-state index contributed by atoms with van der Waals surface area (Å²) in [7, 11) is 0. The van der Waals surface area contributed by atoms with Crippen LogP contribution in [0.2, 0.25) is 10.0 Å². The zero-order valence-electron chi connectivity index (χ0n) is 9.82. The summed E-state index contributed by atoms with van der Waals surface area (Å²) < 4.78 is 0.599. The van der Waals surface area contributed by atoms with Crippen LogP contribution < -0.4 is 5.32 Å². The van der Waals surface area contributed by atoms with E-state index in [4.69, 9.17) is 23.2 Å². The van der Waals surface area contributed by atoms with Gasteiger partial charge in [-0.1, -0.05) is 23.2 Å². The molecule has 0 saturated carbocycles. The molecule has 20 heavy (non-hydrogen) atoms. The number of hydrogen-bond donors (Lipinski definition) is 3. The van der Waals surface area contributed by atoms with E-state index in [0.29, 0.717) is 10.2 Å². The molecule has 3 N–H and O–H groups in total. The summed E-state index contributed by atoms with van der Waals surface area (Å²) in [6.45, 7) is 0. The van der Waals surface area contributed by atoms with Crippen molar-refractivity contribution in [3.05, 3.63) is 50.4 Å². The first kappa shape index (κ1) is 15.0. The van der Waals surface area contributed by atoms with E-state index in [-0.39, 0.29) is 27.1 Å². The molecule has 0 aromatic heterocycles. The topological polar surface area (TPSA) is 69.6 Å². The van der Waals surface area contributed by atoms with Crippen LogP contribution in [-0.4, -0.2) is 16.1 Å². The second-order valence-corrected chi connectivity index (χ2v) is 5.49. The molecule has 2 aromatic rings. The number of carbonyl (C=O) groups is 1. The van der Waals surface area contributed by atoms with Gasteiger partial charge in [-0.3, -0.25) is 4.79 Å². The van der Waals surface area contributed by atoms with Crippen molar-refractivity contribution >= 4 is 50.7 Å². The minimum absolute atomic E-state index is 0.0693. The zero-order chi connectivity index (χ0) is 14.9. The summed E-state index contributed by atoms with van der Waals surface area (Å²) in [6.07, 6.45) is 0. The highest BCUT2D eigenvalue weighted by molar-refractivity contribution is 9.10. The molecule has 0 unspecified atom stereocenters. The van der Waals surface area contributed by atoms with E-state index in [0.717, 1.165) is 6.07 Å². The quantitative estimate of drug-likeness (QED) is 0.536. The molecule has 2 rings (SSSR count). The first-order chi connectivity index (χ1) is 9.40. The van der Waals surface area contributed by atoms with E-state index in [1.54, 1.807) is 12.1 Å². The molecule has 7 heteroatoms. The Bertz CT molecular complexity index is 692. The summed E-state index contributed by atoms with van der Waals surface area (Å²) in [5.41, 5.74) is 0.229. The smallest absolute Gasteiger partial charge is 0.259 e. The molecule has 0 atom stereocenters. The van der Waals surface area contributed by atoms with Crippen LogP contribution in [0.5, 0.6) is 11.5 Å². The van der Waals surface area contributed by atoms with Gasteiger partial charge in [-0.05, 0) is 46.3 Å². The Labute approximate surface area is 133 Å². The van der Waals surface area contributed by atoms with Crippen molar-refractivity contribution in [3.63, 3.8) is 0 Å². The van der Waals surface area contributed by atoms with Gasteiger partial charge in [-0.2, -0.15) is 0 Å². The number of aromatic hydroxyl groups is 2. The second-order valence-electron chi connectivity index (χ2n) is 3.88. The molecule has 104 valence electrons. The minimum Gasteiger partial charge on any atom is -0.508 e. The van der Waals surface area contributed by atoms with Gasteiger partial charge in [0, 0.05) is 4.47 Å². The SMILES string of the molecule is O=C(Nc1ccc(Br)c(Cl)c1Cl)c1cc(O)ccc1O. The molecule has 0 aliphatic carbocycles. The fraction of sp³-hybridized carbons (Fsp3) is 0. The number of hydrogen-bond acceptors (Lipinski definition) is 3. The summed E-state index contributed by atoms with van der Waals surface area (Å²) in [6, 6.07) is 6.84. The third-order valence-electron chi connectivity index (χ3n) is 2.51. The molecular formula is C13H8BrCl2NO3. The largest absolute Gasteiger partial charge is 0.508 e. The van der Waals surface area contributed by atoms with Gasteiger partial charge in [-0.15, -0.1) is 0 Å². The second kappa shape index (κ2) is 5.91. The van der Waals surface area contributed by atoms with E-state index in [2.05, 4.69) is 21.2 Å². The molecule has 0 aliphatic rings. The minimum atomic E-state index is -0.612. The third-order valence-corrected chi connectivity index (χ3v) is 4.28. The Morgan fingerprint density at radius 1 is 1.10 bits per heavy atom. The van der Waals surface area contributed by atoms with Gasteiger partial charge < -0.3 is 15.5 Å². The summed E-state index contributed by atoms with van der Waals surface area (Å²) in [5.74, 6) is -0.994. The van der Waals surface area contributed by atoms with Gasteiger partial charge in [0.2, 0.25) is 0 Å². The lowest BCUT2D eigenvalue weighted by Crippen LogP contribution is -2.12. The fourth-order valence-corrected chi connectivity index (χ4v) is 2.34. The maximum absolute atomic E-state index is 12.0. The molecule has 0 saturated heterocycles. The van der Waals surface area contributed by atoms with E-state index in [1.165, 1.54) is 12.1 Å². The number of amides is 1. The standard InChI is InChI=1S/C13H8BrCl2NO3/c14-8-2-3-9(12(16)11(8)15)17-13(20)7-5-6(18)1-4-10(7)19/h1-5,18-19H,(H,17,20). The Hall–Kier alpha value is -1.43. The van der Waals surface area contributed by atoms with Crippen LogP contribution >= 0.6 is 39.1 Å². The van der Waals surface area contributed by atoms with Crippen LogP contribution in [0.1, 0.15) is 10.4 Å². The van der Waals surface area contributed by atoms with Gasteiger partial charge in [-0.25, -0.2) is 0 Å². The van der Waals surface area contributed by atoms with Gasteiger partial charge in [0.25, 0.3) is 5.91 Å². The predicted molar refractivity (Wildman–Crippen MR) is 81.9 cm³/mol. The van der Waals surface area contributed by atoms with E-state index in [9.17, 15) is 15.0 Å². The van der Waals surface area contributed by atoms with Crippen LogP contribution in [0.3, 0.4) is 0 Å². The average Bonchev–Trinajstić information content (AvgIpc) is 2.42. The number of nitrogens with one attached hydrogen (secondary N) is 1.